The number of hydrogen-bond donors (Lipinski definition) is 1. The van der Waals surface area contributed by atoms with E-state index in [1.54, 1.807) is 7.11 Å². The molecule has 0 radical (unpaired) electrons. The number of ether oxygens (including phenoxy) is 1. The molecule has 0 heterocycles. The van der Waals surface area contributed by atoms with Gasteiger partial charge in [-0.3, -0.25) is 0 Å². The minimum Gasteiger partial charge on any atom is -0.497 e. The molecule has 1 atom stereocenters. The summed E-state index contributed by atoms with van der Waals surface area (Å²) in [5.41, 5.74) is 1.39. The van der Waals surface area contributed by atoms with Gasteiger partial charge in [0.2, 0.25) is 0 Å². The normalized spacial score (nSPS) is 12.7. The molecule has 0 fully saturated rings. The molecular formula is C17H29NO. The molecule has 1 aromatic rings. The zero-order valence-electron chi connectivity index (χ0n) is 12.9. The summed E-state index contributed by atoms with van der Waals surface area (Å²) in [5, 5.41) is 3.44. The largest absolute Gasteiger partial charge is 0.497 e. The lowest BCUT2D eigenvalue weighted by molar-refractivity contribution is 0.414. The summed E-state index contributed by atoms with van der Waals surface area (Å²) in [6.45, 7) is 4.59. The smallest absolute Gasteiger partial charge is 0.118 e. The van der Waals surface area contributed by atoms with Crippen LogP contribution in [0.3, 0.4) is 0 Å². The first kappa shape index (κ1) is 16.0. The van der Waals surface area contributed by atoms with E-state index < -0.39 is 0 Å². The van der Waals surface area contributed by atoms with E-state index in [0.717, 1.165) is 18.1 Å². The zero-order valence-corrected chi connectivity index (χ0v) is 12.9. The number of aryl methyl sites for hydroxylation is 1. The third-order valence-electron chi connectivity index (χ3n) is 3.68. The fourth-order valence-corrected chi connectivity index (χ4v) is 2.34. The lowest BCUT2D eigenvalue weighted by Gasteiger charge is -2.16. The number of rotatable bonds is 9. The second-order valence-corrected chi connectivity index (χ2v) is 5.70. The van der Waals surface area contributed by atoms with Gasteiger partial charge in [-0.1, -0.05) is 38.8 Å². The standard InChI is InChI=1S/C17H29NO/c1-14(2)6-5-7-16(18-3)11-8-15-9-12-17(19-4)13-10-15/h9-10,12-14,16,18H,5-8,11H2,1-4H3. The van der Waals surface area contributed by atoms with Crippen LogP contribution in [0.1, 0.15) is 45.1 Å². The average molecular weight is 263 g/mol. The van der Waals surface area contributed by atoms with Gasteiger partial charge in [-0.05, 0) is 49.9 Å². The first-order valence-corrected chi connectivity index (χ1v) is 7.46. The van der Waals surface area contributed by atoms with Gasteiger partial charge < -0.3 is 10.1 Å². The lowest BCUT2D eigenvalue weighted by atomic mass is 9.98. The van der Waals surface area contributed by atoms with Gasteiger partial charge in [0.1, 0.15) is 5.75 Å². The van der Waals surface area contributed by atoms with Crippen LogP contribution in [0, 0.1) is 5.92 Å². The maximum atomic E-state index is 5.18. The SMILES string of the molecule is CNC(CCCC(C)C)CCc1ccc(OC)cc1. The van der Waals surface area contributed by atoms with Crippen molar-refractivity contribution >= 4 is 0 Å². The van der Waals surface area contributed by atoms with Gasteiger partial charge >= 0.3 is 0 Å². The molecule has 0 aliphatic rings. The lowest BCUT2D eigenvalue weighted by Crippen LogP contribution is -2.25. The number of hydrogen-bond acceptors (Lipinski definition) is 2. The van der Waals surface area contributed by atoms with Crippen LogP contribution >= 0.6 is 0 Å². The van der Waals surface area contributed by atoms with Crippen LogP contribution < -0.4 is 10.1 Å². The summed E-state index contributed by atoms with van der Waals surface area (Å²) in [5.74, 6) is 1.75. The first-order chi connectivity index (χ1) is 9.15. The Kier molecular flexibility index (Phi) is 7.57. The highest BCUT2D eigenvalue weighted by atomic mass is 16.5. The molecule has 0 saturated carbocycles. The molecular weight excluding hydrogens is 234 g/mol. The van der Waals surface area contributed by atoms with E-state index in [0.29, 0.717) is 6.04 Å². The number of methoxy groups -OCH3 is 1. The van der Waals surface area contributed by atoms with Gasteiger partial charge in [0.15, 0.2) is 0 Å². The second kappa shape index (κ2) is 8.98. The van der Waals surface area contributed by atoms with Crippen LogP contribution in [0.15, 0.2) is 24.3 Å². The van der Waals surface area contributed by atoms with E-state index in [9.17, 15) is 0 Å². The summed E-state index contributed by atoms with van der Waals surface area (Å²) in [4.78, 5) is 0. The quantitative estimate of drug-likeness (QED) is 0.726. The maximum Gasteiger partial charge on any atom is 0.118 e. The summed E-state index contributed by atoms with van der Waals surface area (Å²) in [7, 11) is 3.79. The predicted octanol–water partition coefficient (Wildman–Crippen LogP) is 4.04. The van der Waals surface area contributed by atoms with E-state index in [1.165, 1.54) is 31.2 Å². The van der Waals surface area contributed by atoms with Crippen LogP contribution in [0.5, 0.6) is 5.75 Å². The van der Waals surface area contributed by atoms with Crippen LogP contribution in [0.2, 0.25) is 0 Å². The highest BCUT2D eigenvalue weighted by Gasteiger charge is 2.07. The van der Waals surface area contributed by atoms with Crippen LogP contribution in [-0.4, -0.2) is 20.2 Å². The Balaban J connectivity index is 2.31. The van der Waals surface area contributed by atoms with Gasteiger partial charge in [-0.25, -0.2) is 0 Å². The molecule has 0 aliphatic carbocycles. The van der Waals surface area contributed by atoms with Gasteiger partial charge in [0, 0.05) is 6.04 Å². The molecule has 0 aromatic heterocycles. The molecule has 0 bridgehead atoms. The topological polar surface area (TPSA) is 21.3 Å². The molecule has 1 aromatic carbocycles. The van der Waals surface area contributed by atoms with Crippen molar-refractivity contribution in [3.05, 3.63) is 29.8 Å². The molecule has 0 aliphatic heterocycles. The van der Waals surface area contributed by atoms with Crippen LogP contribution in [0.4, 0.5) is 0 Å². The first-order valence-electron chi connectivity index (χ1n) is 7.46. The monoisotopic (exact) mass is 263 g/mol. The molecule has 108 valence electrons. The molecule has 2 nitrogen and oxygen atoms in total. The van der Waals surface area contributed by atoms with E-state index in [2.05, 4.69) is 38.3 Å². The second-order valence-electron chi connectivity index (χ2n) is 5.70. The Morgan fingerprint density at radius 1 is 1.05 bits per heavy atom. The highest BCUT2D eigenvalue weighted by Crippen LogP contribution is 2.15. The predicted molar refractivity (Wildman–Crippen MR) is 82.9 cm³/mol. The molecule has 1 unspecified atom stereocenters. The molecule has 19 heavy (non-hydrogen) atoms. The van der Waals surface area contributed by atoms with Crippen LogP contribution in [0.25, 0.3) is 0 Å². The molecule has 0 amide bonds. The fraction of sp³-hybridized carbons (Fsp3) is 0.647. The van der Waals surface area contributed by atoms with Gasteiger partial charge in [-0.2, -0.15) is 0 Å². The van der Waals surface area contributed by atoms with Crippen molar-refractivity contribution in [1.82, 2.24) is 5.32 Å². The molecule has 0 spiro atoms. The van der Waals surface area contributed by atoms with Crippen molar-refractivity contribution in [2.24, 2.45) is 5.92 Å². The third kappa shape index (κ3) is 6.63. The summed E-state index contributed by atoms with van der Waals surface area (Å²) in [6, 6.07) is 9.06. The van der Waals surface area contributed by atoms with E-state index in [4.69, 9.17) is 4.74 Å². The van der Waals surface area contributed by atoms with E-state index in [1.807, 2.05) is 12.1 Å². The molecule has 0 saturated heterocycles. The maximum absolute atomic E-state index is 5.18. The molecule has 2 heteroatoms. The van der Waals surface area contributed by atoms with Crippen molar-refractivity contribution in [3.63, 3.8) is 0 Å². The zero-order chi connectivity index (χ0) is 14.1. The Morgan fingerprint density at radius 2 is 1.74 bits per heavy atom. The van der Waals surface area contributed by atoms with Crippen molar-refractivity contribution in [2.45, 2.75) is 52.0 Å². The van der Waals surface area contributed by atoms with Crippen molar-refractivity contribution < 1.29 is 4.74 Å². The Labute approximate surface area is 118 Å². The summed E-state index contributed by atoms with van der Waals surface area (Å²) in [6.07, 6.45) is 6.29. The van der Waals surface area contributed by atoms with Crippen molar-refractivity contribution in [2.75, 3.05) is 14.2 Å². The minimum absolute atomic E-state index is 0.640. The van der Waals surface area contributed by atoms with Gasteiger partial charge in [0.25, 0.3) is 0 Å². The van der Waals surface area contributed by atoms with Crippen molar-refractivity contribution in [3.8, 4) is 5.75 Å². The Morgan fingerprint density at radius 3 is 2.26 bits per heavy atom. The van der Waals surface area contributed by atoms with E-state index in [-0.39, 0.29) is 0 Å². The minimum atomic E-state index is 0.640. The number of benzene rings is 1. The molecule has 1 rings (SSSR count). The average Bonchev–Trinajstić information content (AvgIpc) is 2.42. The van der Waals surface area contributed by atoms with Gasteiger partial charge in [-0.15, -0.1) is 0 Å². The van der Waals surface area contributed by atoms with Gasteiger partial charge in [0.05, 0.1) is 7.11 Å². The van der Waals surface area contributed by atoms with Crippen LogP contribution in [-0.2, 0) is 6.42 Å². The Hall–Kier alpha value is -1.02. The highest BCUT2D eigenvalue weighted by molar-refractivity contribution is 5.27. The van der Waals surface area contributed by atoms with Crippen molar-refractivity contribution in [1.29, 1.82) is 0 Å². The Bertz CT molecular complexity index is 332. The fourth-order valence-electron chi connectivity index (χ4n) is 2.34. The number of nitrogens with one attached hydrogen (secondary N) is 1. The van der Waals surface area contributed by atoms with E-state index >= 15 is 0 Å². The summed E-state index contributed by atoms with van der Waals surface area (Å²) >= 11 is 0. The summed E-state index contributed by atoms with van der Waals surface area (Å²) < 4.78 is 5.18. The molecule has 1 N–H and O–H groups in total. The third-order valence-corrected chi connectivity index (χ3v) is 3.68.